The summed E-state index contributed by atoms with van der Waals surface area (Å²) >= 11 is 0. The number of nitrogens with one attached hydrogen (secondary N) is 1. The first-order chi connectivity index (χ1) is 6.29. The van der Waals surface area contributed by atoms with Gasteiger partial charge in [0.25, 0.3) is 0 Å². The number of rotatable bonds is 2. The van der Waals surface area contributed by atoms with E-state index in [-0.39, 0.29) is 0 Å². The summed E-state index contributed by atoms with van der Waals surface area (Å²) in [6.45, 7) is 2.30. The van der Waals surface area contributed by atoms with Crippen molar-refractivity contribution in [1.29, 1.82) is 0 Å². The number of nitrogens with zero attached hydrogens (tertiary/aromatic N) is 2. The van der Waals surface area contributed by atoms with E-state index < -0.39 is 6.03 Å². The molecule has 0 radical (unpaired) electrons. The summed E-state index contributed by atoms with van der Waals surface area (Å²) < 4.78 is 0. The van der Waals surface area contributed by atoms with Crippen LogP contribution in [-0.2, 0) is 0 Å². The zero-order chi connectivity index (χ0) is 9.68. The first-order valence-electron chi connectivity index (χ1n) is 3.91. The summed E-state index contributed by atoms with van der Waals surface area (Å²) in [5, 5.41) is 8.44. The molecule has 0 atom stereocenters. The lowest BCUT2D eigenvalue weighted by Crippen LogP contribution is -2.38. The van der Waals surface area contributed by atoms with Gasteiger partial charge in [-0.15, -0.1) is 0 Å². The molecule has 1 aromatic rings. The van der Waals surface area contributed by atoms with Crippen molar-refractivity contribution < 1.29 is 10.0 Å². The van der Waals surface area contributed by atoms with Gasteiger partial charge in [-0.25, -0.2) is 10.3 Å². The lowest BCUT2D eigenvalue weighted by molar-refractivity contribution is 0.167. The molecule has 0 aliphatic carbocycles. The summed E-state index contributed by atoms with van der Waals surface area (Å²) in [6.07, 6.45) is 3.17. The minimum atomic E-state index is -0.548. The molecule has 1 rings (SSSR count). The Hall–Kier alpha value is -1.62. The number of anilines is 1. The van der Waals surface area contributed by atoms with Crippen molar-refractivity contribution in [3.05, 3.63) is 24.5 Å². The van der Waals surface area contributed by atoms with Crippen LogP contribution in [0.15, 0.2) is 24.5 Å². The number of urea groups is 1. The molecule has 2 amide bonds. The van der Waals surface area contributed by atoms with Crippen molar-refractivity contribution in [3.8, 4) is 0 Å². The molecule has 0 spiro atoms. The zero-order valence-corrected chi connectivity index (χ0v) is 7.27. The van der Waals surface area contributed by atoms with Crippen molar-refractivity contribution in [2.75, 3.05) is 11.4 Å². The van der Waals surface area contributed by atoms with Crippen LogP contribution in [0.2, 0.25) is 0 Å². The Morgan fingerprint density at radius 1 is 1.62 bits per heavy atom. The highest BCUT2D eigenvalue weighted by Gasteiger charge is 2.11. The lowest BCUT2D eigenvalue weighted by atomic mass is 10.3. The number of amides is 2. The molecule has 5 nitrogen and oxygen atoms in total. The number of carbonyl (C=O) groups is 1. The van der Waals surface area contributed by atoms with E-state index in [0.717, 1.165) is 0 Å². The molecule has 0 fully saturated rings. The third-order valence-corrected chi connectivity index (χ3v) is 1.63. The van der Waals surface area contributed by atoms with E-state index >= 15 is 0 Å². The molecule has 0 aromatic carbocycles. The van der Waals surface area contributed by atoms with E-state index in [1.54, 1.807) is 30.0 Å². The van der Waals surface area contributed by atoms with Gasteiger partial charge in [0.05, 0.1) is 0 Å². The van der Waals surface area contributed by atoms with Crippen LogP contribution < -0.4 is 10.4 Å². The minimum absolute atomic E-state index is 0.483. The zero-order valence-electron chi connectivity index (χ0n) is 7.27. The molecule has 5 heteroatoms. The number of carbonyl (C=O) groups excluding carboxylic acids is 1. The van der Waals surface area contributed by atoms with Crippen LogP contribution in [0.4, 0.5) is 10.5 Å². The second-order valence-electron chi connectivity index (χ2n) is 2.37. The molecule has 70 valence electrons. The number of aromatic nitrogens is 1. The van der Waals surface area contributed by atoms with Gasteiger partial charge in [-0.1, -0.05) is 0 Å². The van der Waals surface area contributed by atoms with Crippen molar-refractivity contribution in [2.24, 2.45) is 0 Å². The van der Waals surface area contributed by atoms with Crippen molar-refractivity contribution in [3.63, 3.8) is 0 Å². The fraction of sp³-hybridized carbons (Fsp3) is 0.250. The van der Waals surface area contributed by atoms with Crippen LogP contribution in [-0.4, -0.2) is 22.8 Å². The highest BCUT2D eigenvalue weighted by molar-refractivity contribution is 5.90. The van der Waals surface area contributed by atoms with E-state index in [1.165, 1.54) is 4.90 Å². The summed E-state index contributed by atoms with van der Waals surface area (Å²) in [4.78, 5) is 16.3. The number of hydrogen-bond donors (Lipinski definition) is 2. The quantitative estimate of drug-likeness (QED) is 0.528. The van der Waals surface area contributed by atoms with Crippen LogP contribution in [0.25, 0.3) is 0 Å². The summed E-state index contributed by atoms with van der Waals surface area (Å²) in [6, 6.07) is 2.84. The number of hydroxylamine groups is 1. The highest BCUT2D eigenvalue weighted by atomic mass is 16.5. The van der Waals surface area contributed by atoms with E-state index in [2.05, 4.69) is 4.98 Å². The Kier molecular flexibility index (Phi) is 3.22. The van der Waals surface area contributed by atoms with E-state index in [0.29, 0.717) is 12.2 Å². The molecule has 1 aromatic heterocycles. The van der Waals surface area contributed by atoms with Gasteiger partial charge in [0, 0.05) is 24.6 Å². The molecule has 0 bridgehead atoms. The smallest absolute Gasteiger partial charge is 0.293 e. The number of pyridine rings is 1. The fourth-order valence-electron chi connectivity index (χ4n) is 1.03. The Bertz CT molecular complexity index is 276. The Labute approximate surface area is 76.0 Å². The maximum atomic E-state index is 11.1. The highest BCUT2D eigenvalue weighted by Crippen LogP contribution is 2.11. The van der Waals surface area contributed by atoms with Crippen LogP contribution >= 0.6 is 0 Å². The molecule has 0 aliphatic heterocycles. The molecule has 1 heterocycles. The summed E-state index contributed by atoms with van der Waals surface area (Å²) in [5.74, 6) is 0. The van der Waals surface area contributed by atoms with Gasteiger partial charge in [0.15, 0.2) is 0 Å². The molecule has 2 N–H and O–H groups in total. The average Bonchev–Trinajstić information content (AvgIpc) is 2.20. The first-order valence-corrected chi connectivity index (χ1v) is 3.91. The van der Waals surface area contributed by atoms with Gasteiger partial charge in [-0.3, -0.25) is 15.1 Å². The molecule has 0 saturated carbocycles. The van der Waals surface area contributed by atoms with Crippen LogP contribution in [0.1, 0.15) is 6.92 Å². The van der Waals surface area contributed by atoms with E-state index in [1.807, 2.05) is 6.92 Å². The number of hydrogen-bond acceptors (Lipinski definition) is 3. The summed E-state index contributed by atoms with van der Waals surface area (Å²) in [5.41, 5.74) is 2.28. The maximum absolute atomic E-state index is 11.1. The monoisotopic (exact) mass is 181 g/mol. The SMILES string of the molecule is CCN(C(=O)NO)c1ccncc1. The van der Waals surface area contributed by atoms with Crippen molar-refractivity contribution >= 4 is 11.7 Å². The lowest BCUT2D eigenvalue weighted by Gasteiger charge is -2.18. The first kappa shape index (κ1) is 9.47. The van der Waals surface area contributed by atoms with Gasteiger partial charge in [0.2, 0.25) is 0 Å². The predicted octanol–water partition coefficient (Wildman–Crippen LogP) is 1.01. The van der Waals surface area contributed by atoms with Crippen LogP contribution in [0.3, 0.4) is 0 Å². The second kappa shape index (κ2) is 4.42. The van der Waals surface area contributed by atoms with Gasteiger partial charge in [-0.05, 0) is 19.1 Å². The maximum Gasteiger partial charge on any atom is 0.345 e. The van der Waals surface area contributed by atoms with E-state index in [9.17, 15) is 4.79 Å². The Morgan fingerprint density at radius 3 is 2.69 bits per heavy atom. The molecule has 0 saturated heterocycles. The third-order valence-electron chi connectivity index (χ3n) is 1.63. The van der Waals surface area contributed by atoms with Gasteiger partial charge < -0.3 is 0 Å². The minimum Gasteiger partial charge on any atom is -0.293 e. The topological polar surface area (TPSA) is 65.5 Å². The van der Waals surface area contributed by atoms with Crippen molar-refractivity contribution in [1.82, 2.24) is 10.5 Å². The normalized spacial score (nSPS) is 9.38. The molecule has 13 heavy (non-hydrogen) atoms. The fourth-order valence-corrected chi connectivity index (χ4v) is 1.03. The predicted molar refractivity (Wildman–Crippen MR) is 47.6 cm³/mol. The van der Waals surface area contributed by atoms with Gasteiger partial charge >= 0.3 is 6.03 Å². The molecule has 0 unspecified atom stereocenters. The van der Waals surface area contributed by atoms with Crippen LogP contribution in [0.5, 0.6) is 0 Å². The van der Waals surface area contributed by atoms with Crippen LogP contribution in [0, 0.1) is 0 Å². The molecular formula is C8H11N3O2. The Morgan fingerprint density at radius 2 is 2.23 bits per heavy atom. The standard InChI is InChI=1S/C8H11N3O2/c1-2-11(8(12)10-13)7-3-5-9-6-4-7/h3-6,13H,2H2,1H3,(H,10,12). The molecular weight excluding hydrogens is 170 g/mol. The van der Waals surface area contributed by atoms with E-state index in [4.69, 9.17) is 5.21 Å². The largest absolute Gasteiger partial charge is 0.345 e. The van der Waals surface area contributed by atoms with Crippen molar-refractivity contribution in [2.45, 2.75) is 6.92 Å². The van der Waals surface area contributed by atoms with Gasteiger partial charge in [0.1, 0.15) is 0 Å². The second-order valence-corrected chi connectivity index (χ2v) is 2.37. The Balaban J connectivity index is 2.85. The molecule has 0 aliphatic rings. The summed E-state index contributed by atoms with van der Waals surface area (Å²) in [7, 11) is 0. The average molecular weight is 181 g/mol. The van der Waals surface area contributed by atoms with Gasteiger partial charge in [-0.2, -0.15) is 0 Å². The third kappa shape index (κ3) is 2.16.